The minimum atomic E-state index is -0.173. The molecule has 1 amide bonds. The van der Waals surface area contributed by atoms with Crippen LogP contribution in [-0.2, 0) is 0 Å². The molecule has 6 nitrogen and oxygen atoms in total. The van der Waals surface area contributed by atoms with Crippen molar-refractivity contribution in [3.05, 3.63) is 64.9 Å². The van der Waals surface area contributed by atoms with Gasteiger partial charge in [-0.2, -0.15) is 4.98 Å². The van der Waals surface area contributed by atoms with E-state index in [4.69, 9.17) is 20.9 Å². The van der Waals surface area contributed by atoms with E-state index in [9.17, 15) is 4.79 Å². The van der Waals surface area contributed by atoms with Gasteiger partial charge in [0.15, 0.2) is 5.82 Å². The lowest BCUT2D eigenvalue weighted by Crippen LogP contribution is -2.28. The number of amides is 1. The van der Waals surface area contributed by atoms with Gasteiger partial charge in [-0.3, -0.25) is 4.79 Å². The summed E-state index contributed by atoms with van der Waals surface area (Å²) >= 11 is 5.81. The number of hydrogen-bond acceptors (Lipinski definition) is 5. The van der Waals surface area contributed by atoms with Crippen molar-refractivity contribution in [2.45, 2.75) is 6.92 Å². The molecule has 1 aromatic heterocycles. The van der Waals surface area contributed by atoms with Crippen molar-refractivity contribution < 1.29 is 14.1 Å². The zero-order valence-corrected chi connectivity index (χ0v) is 14.3. The van der Waals surface area contributed by atoms with Gasteiger partial charge in [0.1, 0.15) is 12.4 Å². The lowest BCUT2D eigenvalue weighted by atomic mass is 10.1. The summed E-state index contributed by atoms with van der Waals surface area (Å²) in [5.74, 6) is 1.53. The number of carbonyl (C=O) groups excluding carboxylic acids is 1. The quantitative estimate of drug-likeness (QED) is 0.683. The van der Waals surface area contributed by atoms with Crippen molar-refractivity contribution in [1.82, 2.24) is 15.5 Å². The SMILES string of the molecule is Cc1noc(-c2ccc(C(=O)NCCOc3ccc(Cl)cc3)cc2)n1. The molecule has 0 atom stereocenters. The number of carbonyl (C=O) groups is 1. The summed E-state index contributed by atoms with van der Waals surface area (Å²) < 4.78 is 10.6. The van der Waals surface area contributed by atoms with Crippen LogP contribution in [0.4, 0.5) is 0 Å². The first-order valence-electron chi connectivity index (χ1n) is 7.69. The molecule has 25 heavy (non-hydrogen) atoms. The lowest BCUT2D eigenvalue weighted by Gasteiger charge is -2.08. The molecule has 0 saturated carbocycles. The monoisotopic (exact) mass is 357 g/mol. The van der Waals surface area contributed by atoms with Crippen molar-refractivity contribution in [3.63, 3.8) is 0 Å². The Labute approximate surface area is 149 Å². The number of hydrogen-bond donors (Lipinski definition) is 1. The first-order chi connectivity index (χ1) is 12.1. The molecule has 7 heteroatoms. The lowest BCUT2D eigenvalue weighted by molar-refractivity contribution is 0.0947. The Bertz CT molecular complexity index is 845. The molecule has 0 unspecified atom stereocenters. The predicted octanol–water partition coefficient (Wildman–Crippen LogP) is 3.51. The molecule has 0 aliphatic rings. The second-order valence-electron chi connectivity index (χ2n) is 5.28. The number of halogens is 1. The normalized spacial score (nSPS) is 10.5. The molecule has 0 saturated heterocycles. The summed E-state index contributed by atoms with van der Waals surface area (Å²) in [5, 5.41) is 7.20. The Morgan fingerprint density at radius 1 is 1.16 bits per heavy atom. The summed E-state index contributed by atoms with van der Waals surface area (Å²) in [4.78, 5) is 16.3. The third-order valence-electron chi connectivity index (χ3n) is 3.39. The number of aromatic nitrogens is 2. The minimum Gasteiger partial charge on any atom is -0.492 e. The molecule has 3 rings (SSSR count). The zero-order valence-electron chi connectivity index (χ0n) is 13.5. The second-order valence-corrected chi connectivity index (χ2v) is 5.72. The third kappa shape index (κ3) is 4.58. The van der Waals surface area contributed by atoms with Gasteiger partial charge in [-0.25, -0.2) is 0 Å². The van der Waals surface area contributed by atoms with Crippen molar-refractivity contribution in [3.8, 4) is 17.2 Å². The van der Waals surface area contributed by atoms with E-state index in [1.165, 1.54) is 0 Å². The molecule has 0 bridgehead atoms. The van der Waals surface area contributed by atoms with Crippen LogP contribution in [0.5, 0.6) is 5.75 Å². The molecular weight excluding hydrogens is 342 g/mol. The number of nitrogens with one attached hydrogen (secondary N) is 1. The fourth-order valence-electron chi connectivity index (χ4n) is 2.14. The van der Waals surface area contributed by atoms with Crippen LogP contribution in [0.25, 0.3) is 11.5 Å². The van der Waals surface area contributed by atoms with Crippen molar-refractivity contribution in [2.75, 3.05) is 13.2 Å². The maximum atomic E-state index is 12.1. The van der Waals surface area contributed by atoms with Crippen LogP contribution < -0.4 is 10.1 Å². The number of ether oxygens (including phenoxy) is 1. The standard InChI is InChI=1S/C18H16ClN3O3/c1-12-21-18(25-22-12)14-4-2-13(3-5-14)17(23)20-10-11-24-16-8-6-15(19)7-9-16/h2-9H,10-11H2,1H3,(H,20,23). The van der Waals surface area contributed by atoms with Gasteiger partial charge in [0.25, 0.3) is 11.8 Å². The molecule has 1 heterocycles. The molecule has 2 aromatic carbocycles. The Hall–Kier alpha value is -2.86. The van der Waals surface area contributed by atoms with E-state index >= 15 is 0 Å². The van der Waals surface area contributed by atoms with E-state index in [-0.39, 0.29) is 5.91 Å². The van der Waals surface area contributed by atoms with E-state index < -0.39 is 0 Å². The topological polar surface area (TPSA) is 77.2 Å². The minimum absolute atomic E-state index is 0.173. The number of aryl methyl sites for hydroxylation is 1. The van der Waals surface area contributed by atoms with Gasteiger partial charge in [0, 0.05) is 16.1 Å². The number of benzene rings is 2. The van der Waals surface area contributed by atoms with Crippen LogP contribution in [0.1, 0.15) is 16.2 Å². The Morgan fingerprint density at radius 2 is 1.88 bits per heavy atom. The first kappa shape index (κ1) is 17.0. The van der Waals surface area contributed by atoms with Gasteiger partial charge in [-0.1, -0.05) is 16.8 Å². The first-order valence-corrected chi connectivity index (χ1v) is 8.07. The average molecular weight is 358 g/mol. The number of nitrogens with zero attached hydrogens (tertiary/aromatic N) is 2. The van der Waals surface area contributed by atoms with E-state index in [0.29, 0.717) is 41.2 Å². The Kier molecular flexibility index (Phi) is 5.30. The summed E-state index contributed by atoms with van der Waals surface area (Å²) in [5.41, 5.74) is 1.31. The highest BCUT2D eigenvalue weighted by molar-refractivity contribution is 6.30. The van der Waals surface area contributed by atoms with Crippen LogP contribution in [-0.4, -0.2) is 29.2 Å². The van der Waals surface area contributed by atoms with E-state index in [1.807, 2.05) is 0 Å². The molecule has 3 aromatic rings. The Balaban J connectivity index is 1.48. The maximum Gasteiger partial charge on any atom is 0.257 e. The fraction of sp³-hybridized carbons (Fsp3) is 0.167. The van der Waals surface area contributed by atoms with Gasteiger partial charge < -0.3 is 14.6 Å². The summed E-state index contributed by atoms with van der Waals surface area (Å²) in [6.45, 7) is 2.51. The predicted molar refractivity (Wildman–Crippen MR) is 93.8 cm³/mol. The largest absolute Gasteiger partial charge is 0.492 e. The van der Waals surface area contributed by atoms with Gasteiger partial charge in [-0.15, -0.1) is 0 Å². The molecule has 0 radical (unpaired) electrons. The highest BCUT2D eigenvalue weighted by Gasteiger charge is 2.09. The van der Waals surface area contributed by atoms with Gasteiger partial charge in [-0.05, 0) is 55.5 Å². The molecule has 1 N–H and O–H groups in total. The van der Waals surface area contributed by atoms with E-state index in [2.05, 4.69) is 15.5 Å². The molecule has 0 aliphatic heterocycles. The molecule has 128 valence electrons. The second kappa shape index (κ2) is 7.81. The summed E-state index contributed by atoms with van der Waals surface area (Å²) in [6, 6.07) is 14.0. The van der Waals surface area contributed by atoms with Gasteiger partial charge in [0.05, 0.1) is 6.54 Å². The fourth-order valence-corrected chi connectivity index (χ4v) is 2.27. The van der Waals surface area contributed by atoms with Crippen LogP contribution >= 0.6 is 11.6 Å². The molecule has 0 aliphatic carbocycles. The van der Waals surface area contributed by atoms with Crippen LogP contribution in [0.15, 0.2) is 53.1 Å². The van der Waals surface area contributed by atoms with E-state index in [0.717, 1.165) is 5.56 Å². The molecule has 0 fully saturated rings. The van der Waals surface area contributed by atoms with Crippen molar-refractivity contribution in [2.24, 2.45) is 0 Å². The van der Waals surface area contributed by atoms with Crippen LogP contribution in [0, 0.1) is 6.92 Å². The molecule has 0 spiro atoms. The highest BCUT2D eigenvalue weighted by atomic mass is 35.5. The van der Waals surface area contributed by atoms with Crippen LogP contribution in [0.2, 0.25) is 5.02 Å². The zero-order chi connectivity index (χ0) is 17.6. The van der Waals surface area contributed by atoms with Gasteiger partial charge in [0.2, 0.25) is 0 Å². The van der Waals surface area contributed by atoms with Crippen LogP contribution in [0.3, 0.4) is 0 Å². The van der Waals surface area contributed by atoms with Gasteiger partial charge >= 0.3 is 0 Å². The smallest absolute Gasteiger partial charge is 0.257 e. The molecular formula is C18H16ClN3O3. The summed E-state index contributed by atoms with van der Waals surface area (Å²) in [7, 11) is 0. The van der Waals surface area contributed by atoms with E-state index in [1.54, 1.807) is 55.5 Å². The average Bonchev–Trinajstić information content (AvgIpc) is 3.06. The Morgan fingerprint density at radius 3 is 2.52 bits per heavy atom. The third-order valence-corrected chi connectivity index (χ3v) is 3.64. The van der Waals surface area contributed by atoms with Crippen molar-refractivity contribution in [1.29, 1.82) is 0 Å². The van der Waals surface area contributed by atoms with Crippen molar-refractivity contribution >= 4 is 17.5 Å². The maximum absolute atomic E-state index is 12.1. The highest BCUT2D eigenvalue weighted by Crippen LogP contribution is 2.17. The summed E-state index contributed by atoms with van der Waals surface area (Å²) in [6.07, 6.45) is 0. The number of rotatable bonds is 6.